The number of nitrogens with one attached hydrogen (secondary N) is 2. The van der Waals surface area contributed by atoms with Gasteiger partial charge in [-0.25, -0.2) is 0 Å². The molecule has 1 aromatic rings. The van der Waals surface area contributed by atoms with Gasteiger partial charge in [0.15, 0.2) is 0 Å². The molecule has 2 rings (SSSR count). The van der Waals surface area contributed by atoms with Crippen LogP contribution in [-0.4, -0.2) is 37.5 Å². The van der Waals surface area contributed by atoms with Gasteiger partial charge in [-0.1, -0.05) is 26.0 Å². The van der Waals surface area contributed by atoms with Crippen LogP contribution in [0.25, 0.3) is 0 Å². The van der Waals surface area contributed by atoms with E-state index in [2.05, 4.69) is 24.5 Å². The lowest BCUT2D eigenvalue weighted by molar-refractivity contribution is -0.120. The summed E-state index contributed by atoms with van der Waals surface area (Å²) in [6.07, 6.45) is 1.06. The maximum atomic E-state index is 12.5. The van der Waals surface area contributed by atoms with Crippen molar-refractivity contribution in [2.45, 2.75) is 31.2 Å². The molecule has 1 fully saturated rings. The van der Waals surface area contributed by atoms with Gasteiger partial charge in [-0.3, -0.25) is 4.79 Å². The summed E-state index contributed by atoms with van der Waals surface area (Å²) in [5, 5.41) is 6.46. The van der Waals surface area contributed by atoms with Crippen LogP contribution in [0.15, 0.2) is 29.2 Å². The second kappa shape index (κ2) is 8.41. The molecule has 116 valence electrons. The van der Waals surface area contributed by atoms with Gasteiger partial charge in [0, 0.05) is 10.9 Å². The van der Waals surface area contributed by atoms with Gasteiger partial charge in [-0.15, -0.1) is 11.8 Å². The summed E-state index contributed by atoms with van der Waals surface area (Å²) in [6, 6.07) is 8.07. The smallest absolute Gasteiger partial charge is 0.231 e. The highest BCUT2D eigenvalue weighted by atomic mass is 32.2. The predicted molar refractivity (Wildman–Crippen MR) is 87.9 cm³/mol. The van der Waals surface area contributed by atoms with E-state index < -0.39 is 0 Å². The number of carbonyl (C=O) groups is 1. The van der Waals surface area contributed by atoms with Gasteiger partial charge in [0.05, 0.1) is 24.8 Å². The quantitative estimate of drug-likeness (QED) is 0.761. The van der Waals surface area contributed by atoms with Crippen molar-refractivity contribution in [1.82, 2.24) is 5.32 Å². The molecule has 4 nitrogen and oxygen atoms in total. The van der Waals surface area contributed by atoms with Crippen LogP contribution in [-0.2, 0) is 9.53 Å². The summed E-state index contributed by atoms with van der Waals surface area (Å²) in [6.45, 7) is 6.26. The Bertz CT molecular complexity index is 467. The maximum Gasteiger partial charge on any atom is 0.231 e. The van der Waals surface area contributed by atoms with Crippen LogP contribution in [0.1, 0.15) is 20.3 Å². The van der Waals surface area contributed by atoms with Gasteiger partial charge in [0.25, 0.3) is 0 Å². The lowest BCUT2D eigenvalue weighted by atomic mass is 10.0. The first-order valence-electron chi connectivity index (χ1n) is 7.60. The molecule has 1 heterocycles. The molecule has 0 saturated carbocycles. The summed E-state index contributed by atoms with van der Waals surface area (Å²) in [7, 11) is 0. The minimum atomic E-state index is -0.115. The molecule has 0 aromatic heterocycles. The van der Waals surface area contributed by atoms with E-state index in [0.717, 1.165) is 29.3 Å². The number of anilines is 1. The highest BCUT2D eigenvalue weighted by Crippen LogP contribution is 2.27. The molecule has 21 heavy (non-hydrogen) atoms. The van der Waals surface area contributed by atoms with Crippen LogP contribution < -0.4 is 10.6 Å². The third-order valence-electron chi connectivity index (χ3n) is 3.52. The van der Waals surface area contributed by atoms with Crippen molar-refractivity contribution >= 4 is 23.4 Å². The van der Waals surface area contributed by atoms with E-state index in [1.807, 2.05) is 24.3 Å². The predicted octanol–water partition coefficient (Wildman–Crippen LogP) is 2.75. The van der Waals surface area contributed by atoms with Crippen molar-refractivity contribution < 1.29 is 9.53 Å². The van der Waals surface area contributed by atoms with Crippen molar-refractivity contribution in [3.63, 3.8) is 0 Å². The maximum absolute atomic E-state index is 12.5. The molecule has 0 bridgehead atoms. The molecule has 2 N–H and O–H groups in total. The zero-order valence-corrected chi connectivity index (χ0v) is 13.5. The fourth-order valence-corrected chi connectivity index (χ4v) is 3.18. The molecule has 5 heteroatoms. The minimum Gasteiger partial charge on any atom is -0.379 e. The Morgan fingerprint density at radius 3 is 2.90 bits per heavy atom. The van der Waals surface area contributed by atoms with Crippen LogP contribution >= 0.6 is 11.8 Å². The molecular formula is C16H24N2O2S. The summed E-state index contributed by atoms with van der Waals surface area (Å²) in [5.41, 5.74) is 0.899. The van der Waals surface area contributed by atoms with Crippen molar-refractivity contribution in [1.29, 1.82) is 0 Å². The Morgan fingerprint density at radius 2 is 2.14 bits per heavy atom. The number of thioether (sulfide) groups is 1. The van der Waals surface area contributed by atoms with Crippen LogP contribution in [0.2, 0.25) is 0 Å². The zero-order chi connectivity index (χ0) is 15.1. The number of benzene rings is 1. The Hall–Kier alpha value is -1.04. The Morgan fingerprint density at radius 1 is 1.33 bits per heavy atom. The SMILES string of the molecule is CCCNC1COCC1C(=O)Nc1ccccc1SCC. The summed E-state index contributed by atoms with van der Waals surface area (Å²) < 4.78 is 5.47. The second-order valence-electron chi connectivity index (χ2n) is 5.12. The third-order valence-corrected chi connectivity index (χ3v) is 4.47. The van der Waals surface area contributed by atoms with E-state index in [9.17, 15) is 4.79 Å². The highest BCUT2D eigenvalue weighted by Gasteiger charge is 2.33. The van der Waals surface area contributed by atoms with E-state index >= 15 is 0 Å². The monoisotopic (exact) mass is 308 g/mol. The minimum absolute atomic E-state index is 0.0465. The number of rotatable bonds is 7. The molecule has 1 aliphatic rings. The van der Waals surface area contributed by atoms with E-state index in [4.69, 9.17) is 4.74 Å². The topological polar surface area (TPSA) is 50.4 Å². The Balaban J connectivity index is 2.00. The number of carbonyl (C=O) groups excluding carboxylic acids is 1. The Labute approximate surface area is 131 Å². The first kappa shape index (κ1) is 16.3. The third kappa shape index (κ3) is 4.46. The van der Waals surface area contributed by atoms with E-state index in [-0.39, 0.29) is 17.9 Å². The average Bonchev–Trinajstić information content (AvgIpc) is 2.96. The van der Waals surface area contributed by atoms with Gasteiger partial charge in [0.1, 0.15) is 0 Å². The van der Waals surface area contributed by atoms with E-state index in [0.29, 0.717) is 13.2 Å². The first-order chi connectivity index (χ1) is 10.3. The number of amides is 1. The molecular weight excluding hydrogens is 284 g/mol. The number of ether oxygens (including phenoxy) is 1. The molecule has 1 aliphatic heterocycles. The lowest BCUT2D eigenvalue weighted by Crippen LogP contribution is -2.41. The van der Waals surface area contributed by atoms with Gasteiger partial charge < -0.3 is 15.4 Å². The fraction of sp³-hybridized carbons (Fsp3) is 0.562. The van der Waals surface area contributed by atoms with Gasteiger partial charge >= 0.3 is 0 Å². The largest absolute Gasteiger partial charge is 0.379 e. The number of hydrogen-bond acceptors (Lipinski definition) is 4. The lowest BCUT2D eigenvalue weighted by Gasteiger charge is -2.19. The summed E-state index contributed by atoms with van der Waals surface area (Å²) in [4.78, 5) is 13.6. The molecule has 1 saturated heterocycles. The first-order valence-corrected chi connectivity index (χ1v) is 8.58. The normalized spacial score (nSPS) is 21.4. The number of hydrogen-bond donors (Lipinski definition) is 2. The van der Waals surface area contributed by atoms with Crippen LogP contribution in [0.3, 0.4) is 0 Å². The second-order valence-corrected chi connectivity index (χ2v) is 6.43. The molecule has 0 spiro atoms. The van der Waals surface area contributed by atoms with Gasteiger partial charge in [-0.05, 0) is 30.9 Å². The van der Waals surface area contributed by atoms with Gasteiger partial charge in [0.2, 0.25) is 5.91 Å². The summed E-state index contributed by atoms with van der Waals surface area (Å²) >= 11 is 1.74. The van der Waals surface area contributed by atoms with Gasteiger partial charge in [-0.2, -0.15) is 0 Å². The summed E-state index contributed by atoms with van der Waals surface area (Å²) in [5.74, 6) is 0.918. The van der Waals surface area contributed by atoms with Crippen molar-refractivity contribution in [2.75, 3.05) is 30.8 Å². The van der Waals surface area contributed by atoms with Crippen molar-refractivity contribution in [3.8, 4) is 0 Å². The van der Waals surface area contributed by atoms with E-state index in [1.54, 1.807) is 11.8 Å². The van der Waals surface area contributed by atoms with Crippen LogP contribution in [0, 0.1) is 5.92 Å². The molecule has 0 radical (unpaired) electrons. The average molecular weight is 308 g/mol. The van der Waals surface area contributed by atoms with Crippen molar-refractivity contribution in [3.05, 3.63) is 24.3 Å². The van der Waals surface area contributed by atoms with Crippen LogP contribution in [0.5, 0.6) is 0 Å². The fourth-order valence-electron chi connectivity index (χ4n) is 2.42. The molecule has 0 aliphatic carbocycles. The molecule has 1 amide bonds. The molecule has 1 aromatic carbocycles. The van der Waals surface area contributed by atoms with Crippen molar-refractivity contribution in [2.24, 2.45) is 5.92 Å². The standard InChI is InChI=1S/C16H24N2O2S/c1-3-9-17-14-11-20-10-12(14)16(19)18-13-7-5-6-8-15(13)21-4-2/h5-8,12,14,17H,3-4,9-11H2,1-2H3,(H,18,19). The number of para-hydroxylation sites is 1. The molecule has 2 atom stereocenters. The van der Waals surface area contributed by atoms with E-state index in [1.165, 1.54) is 0 Å². The Kier molecular flexibility index (Phi) is 6.54. The molecule has 2 unspecified atom stereocenters. The highest BCUT2D eigenvalue weighted by molar-refractivity contribution is 7.99. The zero-order valence-electron chi connectivity index (χ0n) is 12.7. The van der Waals surface area contributed by atoms with Crippen LogP contribution in [0.4, 0.5) is 5.69 Å².